The molecule has 184 valence electrons. The van der Waals surface area contributed by atoms with Gasteiger partial charge in [-0.1, -0.05) is 53.0 Å². The monoisotopic (exact) mass is 526 g/mol. The molecule has 0 bridgehead atoms. The Morgan fingerprint density at radius 3 is 2.58 bits per heavy atom. The molecule has 8 nitrogen and oxygen atoms in total. The summed E-state index contributed by atoms with van der Waals surface area (Å²) in [7, 11) is 0. The van der Waals surface area contributed by atoms with E-state index >= 15 is 0 Å². The normalized spacial score (nSPS) is 13.9. The number of aryl methyl sites for hydroxylation is 1. The minimum Gasteiger partial charge on any atom is -0.490 e. The van der Waals surface area contributed by atoms with Gasteiger partial charge in [0.2, 0.25) is 5.90 Å². The molecule has 0 unspecified atom stereocenters. The molecule has 1 aliphatic heterocycles. The summed E-state index contributed by atoms with van der Waals surface area (Å²) in [6.07, 6.45) is 1.49. The van der Waals surface area contributed by atoms with Gasteiger partial charge in [-0.05, 0) is 49.2 Å². The van der Waals surface area contributed by atoms with Gasteiger partial charge in [0, 0.05) is 12.1 Å². The fraction of sp³-hybridized carbons (Fsp3) is 0.154. The molecule has 0 N–H and O–H groups in total. The number of benzene rings is 3. The minimum atomic E-state index is -0.701. The van der Waals surface area contributed by atoms with Crippen LogP contribution >= 0.6 is 23.2 Å². The van der Waals surface area contributed by atoms with E-state index in [1.807, 2.05) is 38.1 Å². The first-order valence-corrected chi connectivity index (χ1v) is 11.6. The van der Waals surface area contributed by atoms with Crippen LogP contribution in [0, 0.1) is 17.0 Å². The fourth-order valence-electron chi connectivity index (χ4n) is 3.50. The van der Waals surface area contributed by atoms with Crippen molar-refractivity contribution in [2.75, 3.05) is 6.61 Å². The molecule has 0 saturated carbocycles. The third-order valence-electron chi connectivity index (χ3n) is 5.12. The number of carbonyl (C=O) groups excluding carboxylic acids is 1. The van der Waals surface area contributed by atoms with Crippen molar-refractivity contribution in [3.8, 4) is 11.5 Å². The predicted octanol–water partition coefficient (Wildman–Crippen LogP) is 6.53. The Kier molecular flexibility index (Phi) is 7.57. The smallest absolute Gasteiger partial charge is 0.363 e. The number of hydrogen-bond donors (Lipinski definition) is 0. The van der Waals surface area contributed by atoms with Crippen LogP contribution in [-0.4, -0.2) is 23.4 Å². The van der Waals surface area contributed by atoms with Gasteiger partial charge in [-0.15, -0.1) is 0 Å². The molecule has 3 aromatic rings. The highest BCUT2D eigenvalue weighted by Gasteiger charge is 2.27. The summed E-state index contributed by atoms with van der Waals surface area (Å²) >= 11 is 12.7. The van der Waals surface area contributed by atoms with Gasteiger partial charge in [0.15, 0.2) is 17.2 Å². The molecule has 4 rings (SSSR count). The Morgan fingerprint density at radius 2 is 1.89 bits per heavy atom. The highest BCUT2D eigenvalue weighted by Crippen LogP contribution is 2.38. The summed E-state index contributed by atoms with van der Waals surface area (Å²) < 4.78 is 16.9. The summed E-state index contributed by atoms with van der Waals surface area (Å²) in [5, 5.41) is 11.3. The number of aliphatic imine (C=N–C) groups is 1. The van der Waals surface area contributed by atoms with E-state index < -0.39 is 10.9 Å². The lowest BCUT2D eigenvalue weighted by Gasteiger charge is -2.15. The zero-order valence-corrected chi connectivity index (χ0v) is 20.8. The van der Waals surface area contributed by atoms with Gasteiger partial charge >= 0.3 is 5.97 Å². The number of hydrogen-bond acceptors (Lipinski definition) is 7. The van der Waals surface area contributed by atoms with Crippen LogP contribution in [0.2, 0.25) is 10.0 Å². The van der Waals surface area contributed by atoms with E-state index in [0.29, 0.717) is 35.3 Å². The van der Waals surface area contributed by atoms with E-state index in [0.717, 1.165) is 11.1 Å². The first-order chi connectivity index (χ1) is 17.2. The third kappa shape index (κ3) is 5.67. The second kappa shape index (κ2) is 10.8. The van der Waals surface area contributed by atoms with Crippen molar-refractivity contribution < 1.29 is 23.9 Å². The Labute approximate surface area is 216 Å². The average Bonchev–Trinajstić information content (AvgIpc) is 3.18. The first kappa shape index (κ1) is 25.2. The Balaban J connectivity index is 1.62. The molecule has 0 aliphatic carbocycles. The number of non-ortho nitro benzene ring substituents is 1. The molecule has 3 aromatic carbocycles. The van der Waals surface area contributed by atoms with Crippen LogP contribution < -0.4 is 9.47 Å². The van der Waals surface area contributed by atoms with Gasteiger partial charge < -0.3 is 14.2 Å². The lowest BCUT2D eigenvalue weighted by atomic mass is 10.1. The Bertz CT molecular complexity index is 1420. The summed E-state index contributed by atoms with van der Waals surface area (Å²) in [6.45, 7) is 4.52. The second-order valence-corrected chi connectivity index (χ2v) is 8.61. The standard InChI is InChI=1S/C26H20Cl2N2O6/c1-3-34-23-12-17(10-21(28)24(23)35-14-16-6-4-5-15(2)9-16)11-22-26(31)36-25(29-22)19-8-7-18(30(32)33)13-20(19)27/h4-13H,3,14H2,1-2H3/b22-11-. The van der Waals surface area contributed by atoms with Gasteiger partial charge in [-0.2, -0.15) is 0 Å². The van der Waals surface area contributed by atoms with Crippen molar-refractivity contribution in [1.29, 1.82) is 0 Å². The van der Waals surface area contributed by atoms with Gasteiger partial charge in [-0.3, -0.25) is 10.1 Å². The van der Waals surface area contributed by atoms with Crippen LogP contribution in [0.3, 0.4) is 0 Å². The number of esters is 1. The molecule has 0 amide bonds. The summed E-state index contributed by atoms with van der Waals surface area (Å²) in [5.74, 6) is 0.0465. The summed E-state index contributed by atoms with van der Waals surface area (Å²) in [4.78, 5) is 27.0. The maximum atomic E-state index is 12.5. The molecule has 0 spiro atoms. The number of nitrogens with zero attached hydrogens (tertiary/aromatic N) is 2. The number of nitro groups is 1. The van der Waals surface area contributed by atoms with E-state index in [1.165, 1.54) is 24.3 Å². The van der Waals surface area contributed by atoms with E-state index in [9.17, 15) is 14.9 Å². The molecule has 1 heterocycles. The molecule has 0 aromatic heterocycles. The van der Waals surface area contributed by atoms with Crippen molar-refractivity contribution in [3.05, 3.63) is 103 Å². The SMILES string of the molecule is CCOc1cc(/C=C2\N=C(c3ccc([N+](=O)[O-])cc3Cl)OC2=O)cc(Cl)c1OCc1cccc(C)c1. The predicted molar refractivity (Wildman–Crippen MR) is 137 cm³/mol. The van der Waals surface area contributed by atoms with Crippen LogP contribution in [0.15, 0.2) is 65.3 Å². The van der Waals surface area contributed by atoms with E-state index in [2.05, 4.69) is 4.99 Å². The molecule has 0 atom stereocenters. The minimum absolute atomic E-state index is 0.00589. The highest BCUT2D eigenvalue weighted by molar-refractivity contribution is 6.35. The topological polar surface area (TPSA) is 100 Å². The van der Waals surface area contributed by atoms with Gasteiger partial charge in [0.05, 0.1) is 27.1 Å². The quantitative estimate of drug-likeness (QED) is 0.143. The van der Waals surface area contributed by atoms with Gasteiger partial charge in [0.1, 0.15) is 6.61 Å². The van der Waals surface area contributed by atoms with Crippen molar-refractivity contribution in [3.63, 3.8) is 0 Å². The van der Waals surface area contributed by atoms with Crippen LogP contribution in [0.5, 0.6) is 11.5 Å². The van der Waals surface area contributed by atoms with Crippen molar-refractivity contribution in [1.82, 2.24) is 0 Å². The van der Waals surface area contributed by atoms with Crippen LogP contribution in [0.25, 0.3) is 6.08 Å². The second-order valence-electron chi connectivity index (χ2n) is 7.80. The summed E-state index contributed by atoms with van der Waals surface area (Å²) in [6, 6.07) is 15.0. The maximum absolute atomic E-state index is 12.5. The third-order valence-corrected chi connectivity index (χ3v) is 5.71. The molecular weight excluding hydrogens is 507 g/mol. The fourth-order valence-corrected chi connectivity index (χ4v) is 4.03. The Morgan fingerprint density at radius 1 is 1.08 bits per heavy atom. The van der Waals surface area contributed by atoms with Crippen LogP contribution in [-0.2, 0) is 16.1 Å². The largest absolute Gasteiger partial charge is 0.490 e. The Hall–Kier alpha value is -3.88. The lowest BCUT2D eigenvalue weighted by molar-refractivity contribution is -0.384. The number of nitro benzene ring substituents is 1. The lowest BCUT2D eigenvalue weighted by Crippen LogP contribution is -2.06. The van der Waals surface area contributed by atoms with Gasteiger partial charge in [-0.25, -0.2) is 9.79 Å². The molecule has 0 fully saturated rings. The average molecular weight is 527 g/mol. The maximum Gasteiger partial charge on any atom is 0.363 e. The molecule has 10 heteroatoms. The molecule has 1 aliphatic rings. The number of ether oxygens (including phenoxy) is 3. The molecular formula is C26H20Cl2N2O6. The molecule has 0 radical (unpaired) electrons. The zero-order valence-electron chi connectivity index (χ0n) is 19.3. The number of rotatable bonds is 8. The van der Waals surface area contributed by atoms with E-state index in [1.54, 1.807) is 12.1 Å². The molecule has 0 saturated heterocycles. The van der Waals surface area contributed by atoms with Crippen molar-refractivity contribution in [2.45, 2.75) is 20.5 Å². The number of halogens is 2. The molecule has 36 heavy (non-hydrogen) atoms. The first-order valence-electron chi connectivity index (χ1n) is 10.9. The van der Waals surface area contributed by atoms with Crippen molar-refractivity contribution >= 4 is 46.8 Å². The van der Waals surface area contributed by atoms with Gasteiger partial charge in [0.25, 0.3) is 5.69 Å². The van der Waals surface area contributed by atoms with E-state index in [-0.39, 0.29) is 27.9 Å². The summed E-state index contributed by atoms with van der Waals surface area (Å²) in [5.41, 5.74) is 2.72. The van der Waals surface area contributed by atoms with Crippen LogP contribution in [0.1, 0.15) is 29.2 Å². The zero-order chi connectivity index (χ0) is 25.8. The van der Waals surface area contributed by atoms with Crippen molar-refractivity contribution in [2.24, 2.45) is 4.99 Å². The number of cyclic esters (lactones) is 1. The highest BCUT2D eigenvalue weighted by atomic mass is 35.5. The van der Waals surface area contributed by atoms with E-state index in [4.69, 9.17) is 37.4 Å². The number of carbonyl (C=O) groups is 1. The van der Waals surface area contributed by atoms with Crippen LogP contribution in [0.4, 0.5) is 5.69 Å².